The van der Waals surface area contributed by atoms with Crippen molar-refractivity contribution >= 4 is 23.2 Å². The van der Waals surface area contributed by atoms with Gasteiger partial charge in [-0.3, -0.25) is 4.79 Å². The molecule has 0 aliphatic rings. The number of nitrogens with zero attached hydrogens (tertiary/aromatic N) is 2. The van der Waals surface area contributed by atoms with Gasteiger partial charge < -0.3 is 9.72 Å². The van der Waals surface area contributed by atoms with E-state index < -0.39 is 0 Å². The van der Waals surface area contributed by atoms with Crippen LogP contribution >= 0.6 is 11.6 Å². The molecule has 1 aromatic carbocycles. The Morgan fingerprint density at radius 1 is 1.22 bits per heavy atom. The van der Waals surface area contributed by atoms with Crippen LogP contribution in [0.1, 0.15) is 30.5 Å². The number of aromatic nitrogens is 2. The van der Waals surface area contributed by atoms with Crippen LogP contribution in [0.3, 0.4) is 0 Å². The molecule has 0 spiro atoms. The van der Waals surface area contributed by atoms with Crippen molar-refractivity contribution in [3.8, 4) is 0 Å². The molecule has 1 amide bonds. The molecule has 0 bridgehead atoms. The topological polar surface area (TPSA) is 46.4 Å². The predicted molar refractivity (Wildman–Crippen MR) is 91.5 cm³/mol. The van der Waals surface area contributed by atoms with E-state index in [0.29, 0.717) is 18.0 Å². The summed E-state index contributed by atoms with van der Waals surface area (Å²) in [6, 6.07) is 13.7. The Labute approximate surface area is 140 Å². The molecule has 1 atom stereocenters. The van der Waals surface area contributed by atoms with Gasteiger partial charge in [-0.1, -0.05) is 48.9 Å². The Hall–Kier alpha value is -2.33. The number of hydrogen-bond acceptors (Lipinski definition) is 2. The lowest BCUT2D eigenvalue weighted by Gasteiger charge is -2.11. The summed E-state index contributed by atoms with van der Waals surface area (Å²) < 4.78 is 1.86. The van der Waals surface area contributed by atoms with Crippen LogP contribution in [0.15, 0.2) is 54.9 Å². The number of hydrogen-bond donors (Lipinski definition) is 1. The minimum Gasteiger partial charge on any atom is -0.350 e. The molecule has 0 saturated carbocycles. The van der Waals surface area contributed by atoms with Crippen molar-refractivity contribution in [2.75, 3.05) is 0 Å². The summed E-state index contributed by atoms with van der Waals surface area (Å²) in [5.41, 5.74) is 2.80. The highest BCUT2D eigenvalue weighted by Crippen LogP contribution is 2.18. The number of carbonyl (C=O) groups is 1. The highest BCUT2D eigenvalue weighted by molar-refractivity contribution is 6.30. The van der Waals surface area contributed by atoms with Crippen LogP contribution < -0.4 is 5.32 Å². The van der Waals surface area contributed by atoms with E-state index in [1.54, 1.807) is 12.3 Å². The van der Waals surface area contributed by atoms with Crippen molar-refractivity contribution in [1.82, 2.24) is 14.7 Å². The predicted octanol–water partition coefficient (Wildman–Crippen LogP) is 3.80. The smallest absolute Gasteiger partial charge is 0.220 e. The molecule has 4 nitrogen and oxygen atoms in total. The summed E-state index contributed by atoms with van der Waals surface area (Å²) in [5, 5.41) is 3.58. The van der Waals surface area contributed by atoms with Crippen molar-refractivity contribution in [3.63, 3.8) is 0 Å². The van der Waals surface area contributed by atoms with E-state index in [-0.39, 0.29) is 11.8 Å². The van der Waals surface area contributed by atoms with E-state index in [4.69, 9.17) is 11.6 Å². The van der Waals surface area contributed by atoms with Crippen molar-refractivity contribution in [2.24, 2.45) is 0 Å². The highest BCUT2D eigenvalue weighted by Gasteiger charge is 2.11. The summed E-state index contributed by atoms with van der Waals surface area (Å²) in [4.78, 5) is 16.6. The third-order valence-corrected chi connectivity index (χ3v) is 4.02. The zero-order chi connectivity index (χ0) is 16.2. The van der Waals surface area contributed by atoms with Gasteiger partial charge >= 0.3 is 0 Å². The molecular formula is C18H18ClN3O. The van der Waals surface area contributed by atoms with Gasteiger partial charge in [0.05, 0.1) is 17.3 Å². The third-order valence-electron chi connectivity index (χ3n) is 3.79. The lowest BCUT2D eigenvalue weighted by atomic mass is 9.98. The number of benzene rings is 1. The van der Waals surface area contributed by atoms with Gasteiger partial charge in [0, 0.05) is 18.8 Å². The van der Waals surface area contributed by atoms with Crippen LogP contribution in [0.25, 0.3) is 5.65 Å². The van der Waals surface area contributed by atoms with Gasteiger partial charge in [-0.2, -0.15) is 0 Å². The fourth-order valence-electron chi connectivity index (χ4n) is 2.54. The molecule has 23 heavy (non-hydrogen) atoms. The van der Waals surface area contributed by atoms with E-state index >= 15 is 0 Å². The molecule has 3 aromatic rings. The molecule has 0 aliphatic carbocycles. The molecule has 5 heteroatoms. The Balaban J connectivity index is 1.57. The summed E-state index contributed by atoms with van der Waals surface area (Å²) >= 11 is 5.95. The number of amides is 1. The number of carbonyl (C=O) groups excluding carboxylic acids is 1. The lowest BCUT2D eigenvalue weighted by Crippen LogP contribution is -2.24. The SMILES string of the molecule is CC(CC(=O)NCc1cn2cc(Cl)ccc2n1)c1ccccc1. The molecular weight excluding hydrogens is 310 g/mol. The number of rotatable bonds is 5. The maximum atomic E-state index is 12.1. The first-order valence-corrected chi connectivity index (χ1v) is 7.94. The van der Waals surface area contributed by atoms with Crippen molar-refractivity contribution < 1.29 is 4.79 Å². The van der Waals surface area contributed by atoms with Crippen LogP contribution in [-0.2, 0) is 11.3 Å². The number of nitrogens with one attached hydrogen (secondary N) is 1. The molecule has 3 rings (SSSR count). The average Bonchev–Trinajstić information content (AvgIpc) is 2.95. The number of pyridine rings is 1. The number of fused-ring (bicyclic) bond motifs is 1. The summed E-state index contributed by atoms with van der Waals surface area (Å²) in [7, 11) is 0. The second-order valence-electron chi connectivity index (χ2n) is 5.64. The third kappa shape index (κ3) is 3.90. The zero-order valence-electron chi connectivity index (χ0n) is 12.9. The average molecular weight is 328 g/mol. The highest BCUT2D eigenvalue weighted by atomic mass is 35.5. The van der Waals surface area contributed by atoms with Crippen LogP contribution in [-0.4, -0.2) is 15.3 Å². The second-order valence-corrected chi connectivity index (χ2v) is 6.07. The summed E-state index contributed by atoms with van der Waals surface area (Å²) in [6.45, 7) is 2.47. The molecule has 1 N–H and O–H groups in total. The Kier molecular flexibility index (Phi) is 4.63. The van der Waals surface area contributed by atoms with Crippen LogP contribution in [0.5, 0.6) is 0 Å². The monoisotopic (exact) mass is 327 g/mol. The van der Waals surface area contributed by atoms with Gasteiger partial charge in [0.25, 0.3) is 0 Å². The van der Waals surface area contributed by atoms with Gasteiger partial charge in [-0.25, -0.2) is 4.98 Å². The second kappa shape index (κ2) is 6.84. The van der Waals surface area contributed by atoms with Gasteiger partial charge in [0.1, 0.15) is 5.65 Å². The van der Waals surface area contributed by atoms with Gasteiger partial charge in [-0.15, -0.1) is 0 Å². The maximum Gasteiger partial charge on any atom is 0.220 e. The number of imidazole rings is 1. The molecule has 0 saturated heterocycles. The first kappa shape index (κ1) is 15.6. The summed E-state index contributed by atoms with van der Waals surface area (Å²) in [6.07, 6.45) is 4.14. The molecule has 118 valence electrons. The van der Waals surface area contributed by atoms with Crippen LogP contribution in [0.4, 0.5) is 0 Å². The Bertz CT molecular complexity index is 814. The molecule has 1 unspecified atom stereocenters. The van der Waals surface area contributed by atoms with Gasteiger partial charge in [0.2, 0.25) is 5.91 Å². The van der Waals surface area contributed by atoms with E-state index in [2.05, 4.69) is 17.2 Å². The van der Waals surface area contributed by atoms with Crippen molar-refractivity contribution in [1.29, 1.82) is 0 Å². The minimum atomic E-state index is 0.0245. The first-order chi connectivity index (χ1) is 11.1. The molecule has 0 fully saturated rings. The van der Waals surface area contributed by atoms with E-state index in [1.807, 2.05) is 47.0 Å². The van der Waals surface area contributed by atoms with E-state index in [9.17, 15) is 4.79 Å². The van der Waals surface area contributed by atoms with Crippen molar-refractivity contribution in [2.45, 2.75) is 25.8 Å². The maximum absolute atomic E-state index is 12.1. The van der Waals surface area contributed by atoms with E-state index in [0.717, 1.165) is 11.3 Å². The summed E-state index contributed by atoms with van der Waals surface area (Å²) in [5.74, 6) is 0.215. The first-order valence-electron chi connectivity index (χ1n) is 7.56. The zero-order valence-corrected chi connectivity index (χ0v) is 13.6. The Morgan fingerprint density at radius 2 is 2.00 bits per heavy atom. The lowest BCUT2D eigenvalue weighted by molar-refractivity contribution is -0.121. The quantitative estimate of drug-likeness (QED) is 0.774. The fourth-order valence-corrected chi connectivity index (χ4v) is 2.71. The largest absolute Gasteiger partial charge is 0.350 e. The van der Waals surface area contributed by atoms with Gasteiger partial charge in [0.15, 0.2) is 0 Å². The molecule has 2 aromatic heterocycles. The minimum absolute atomic E-state index is 0.0245. The van der Waals surface area contributed by atoms with Gasteiger partial charge in [-0.05, 0) is 23.6 Å². The number of halogens is 1. The molecule has 0 aliphatic heterocycles. The Morgan fingerprint density at radius 3 is 2.78 bits per heavy atom. The normalized spacial score (nSPS) is 12.3. The van der Waals surface area contributed by atoms with Crippen molar-refractivity contribution in [3.05, 3.63) is 71.1 Å². The van der Waals surface area contributed by atoms with Crippen LogP contribution in [0, 0.1) is 0 Å². The standard InChI is InChI=1S/C18H18ClN3O/c1-13(14-5-3-2-4-6-14)9-18(23)20-10-16-12-22-11-15(19)7-8-17(22)21-16/h2-8,11-13H,9-10H2,1H3,(H,20,23). The molecule has 2 heterocycles. The van der Waals surface area contributed by atoms with E-state index in [1.165, 1.54) is 5.56 Å². The fraction of sp³-hybridized carbons (Fsp3) is 0.222. The van der Waals surface area contributed by atoms with Crippen LogP contribution in [0.2, 0.25) is 5.02 Å². The molecule has 0 radical (unpaired) electrons.